The smallest absolute Gasteiger partial charge is 0.409 e. The lowest BCUT2D eigenvalue weighted by Crippen LogP contribution is -2.32. The predicted molar refractivity (Wildman–Crippen MR) is 72.6 cm³/mol. The van der Waals surface area contributed by atoms with Crippen LogP contribution in [0.25, 0.3) is 0 Å². The van der Waals surface area contributed by atoms with E-state index in [4.69, 9.17) is 4.74 Å². The van der Waals surface area contributed by atoms with Gasteiger partial charge in [-0.25, -0.2) is 4.79 Å². The topological polar surface area (TPSA) is 49.9 Å². The van der Waals surface area contributed by atoms with Crippen LogP contribution < -0.4 is 0 Å². The number of amides is 2. The van der Waals surface area contributed by atoms with Gasteiger partial charge in [-0.1, -0.05) is 30.3 Å². The Labute approximate surface area is 113 Å². The summed E-state index contributed by atoms with van der Waals surface area (Å²) in [6.45, 7) is 0.594. The molecule has 0 aliphatic carbocycles. The molecule has 0 unspecified atom stereocenters. The number of carbonyl (C=O) groups is 2. The Morgan fingerprint density at radius 3 is 2.32 bits per heavy atom. The molecule has 5 heteroatoms. The molecular weight excluding hydrogens is 244 g/mol. The lowest BCUT2D eigenvalue weighted by Gasteiger charge is -2.18. The average molecular weight is 264 g/mol. The van der Waals surface area contributed by atoms with Gasteiger partial charge >= 0.3 is 6.09 Å². The molecule has 19 heavy (non-hydrogen) atoms. The van der Waals surface area contributed by atoms with Crippen molar-refractivity contribution in [2.45, 2.75) is 13.0 Å². The summed E-state index contributed by atoms with van der Waals surface area (Å²) in [7, 11) is 5.00. The van der Waals surface area contributed by atoms with Crippen molar-refractivity contribution in [3.8, 4) is 0 Å². The van der Waals surface area contributed by atoms with Gasteiger partial charge in [-0.05, 0) is 5.56 Å². The Bertz CT molecular complexity index is 418. The summed E-state index contributed by atoms with van der Waals surface area (Å²) in [6.07, 6.45) is -0.125. The van der Waals surface area contributed by atoms with Gasteiger partial charge in [0.2, 0.25) is 5.91 Å². The van der Waals surface area contributed by atoms with Crippen LogP contribution in [0.1, 0.15) is 12.0 Å². The second-order valence-corrected chi connectivity index (χ2v) is 4.50. The standard InChI is InChI=1S/C14H20N2O3/c1-15(2)13(17)9-10-16(3)14(18)19-11-12-7-5-4-6-8-12/h4-8H,9-11H2,1-3H3. The van der Waals surface area contributed by atoms with E-state index < -0.39 is 6.09 Å². The molecule has 0 atom stereocenters. The van der Waals surface area contributed by atoms with Crippen LogP contribution in [-0.2, 0) is 16.1 Å². The van der Waals surface area contributed by atoms with Crippen LogP contribution in [0.2, 0.25) is 0 Å². The highest BCUT2D eigenvalue weighted by Gasteiger charge is 2.12. The molecule has 0 aliphatic heterocycles. The fourth-order valence-electron chi connectivity index (χ4n) is 1.41. The molecule has 1 aromatic carbocycles. The number of rotatable bonds is 5. The van der Waals surface area contributed by atoms with Crippen molar-refractivity contribution in [2.75, 3.05) is 27.7 Å². The first kappa shape index (κ1) is 15.0. The van der Waals surface area contributed by atoms with E-state index in [1.807, 2.05) is 30.3 Å². The first-order valence-corrected chi connectivity index (χ1v) is 6.12. The van der Waals surface area contributed by atoms with Crippen molar-refractivity contribution in [3.05, 3.63) is 35.9 Å². The van der Waals surface area contributed by atoms with E-state index in [0.29, 0.717) is 13.0 Å². The predicted octanol–water partition coefficient (Wildman–Crippen LogP) is 1.73. The summed E-state index contributed by atoms with van der Waals surface area (Å²) in [5, 5.41) is 0. The van der Waals surface area contributed by atoms with Crippen LogP contribution >= 0.6 is 0 Å². The van der Waals surface area contributed by atoms with Crippen molar-refractivity contribution in [1.29, 1.82) is 0 Å². The highest BCUT2D eigenvalue weighted by molar-refractivity contribution is 5.76. The summed E-state index contributed by atoms with van der Waals surface area (Å²) in [5.41, 5.74) is 0.939. The zero-order valence-electron chi connectivity index (χ0n) is 11.6. The van der Waals surface area contributed by atoms with Crippen LogP contribution in [0.3, 0.4) is 0 Å². The van der Waals surface area contributed by atoms with Crippen LogP contribution in [-0.4, -0.2) is 49.5 Å². The molecule has 0 aromatic heterocycles. The van der Waals surface area contributed by atoms with Crippen molar-refractivity contribution in [1.82, 2.24) is 9.80 Å². The van der Waals surface area contributed by atoms with Gasteiger partial charge in [-0.15, -0.1) is 0 Å². The van der Waals surface area contributed by atoms with Crippen LogP contribution in [0.4, 0.5) is 4.79 Å². The molecule has 0 radical (unpaired) electrons. The minimum atomic E-state index is -0.421. The lowest BCUT2D eigenvalue weighted by molar-refractivity contribution is -0.128. The second kappa shape index (κ2) is 7.41. The number of hydrogen-bond acceptors (Lipinski definition) is 3. The molecule has 0 saturated heterocycles. The first-order chi connectivity index (χ1) is 9.00. The maximum Gasteiger partial charge on any atom is 0.409 e. The van der Waals surface area contributed by atoms with Gasteiger partial charge < -0.3 is 14.5 Å². The highest BCUT2D eigenvalue weighted by atomic mass is 16.6. The molecule has 2 amide bonds. The molecule has 0 aliphatic rings. The monoisotopic (exact) mass is 264 g/mol. The van der Waals surface area contributed by atoms with Gasteiger partial charge in [0.15, 0.2) is 0 Å². The molecule has 0 fully saturated rings. The van der Waals surface area contributed by atoms with Gasteiger partial charge in [0.25, 0.3) is 0 Å². The molecular formula is C14H20N2O3. The van der Waals surface area contributed by atoms with E-state index in [1.165, 1.54) is 9.80 Å². The number of nitrogens with zero attached hydrogens (tertiary/aromatic N) is 2. The van der Waals surface area contributed by atoms with E-state index in [9.17, 15) is 9.59 Å². The summed E-state index contributed by atoms with van der Waals surface area (Å²) in [5.74, 6) is -0.0114. The average Bonchev–Trinajstić information content (AvgIpc) is 2.42. The number of benzene rings is 1. The fourth-order valence-corrected chi connectivity index (χ4v) is 1.41. The number of carbonyl (C=O) groups excluding carboxylic acids is 2. The Balaban J connectivity index is 2.31. The molecule has 0 N–H and O–H groups in total. The second-order valence-electron chi connectivity index (χ2n) is 4.50. The van der Waals surface area contributed by atoms with Gasteiger partial charge in [0.1, 0.15) is 6.61 Å². The Morgan fingerprint density at radius 2 is 1.74 bits per heavy atom. The van der Waals surface area contributed by atoms with Crippen LogP contribution in [0, 0.1) is 0 Å². The largest absolute Gasteiger partial charge is 0.445 e. The minimum absolute atomic E-state index is 0.0114. The third-order valence-corrected chi connectivity index (χ3v) is 2.68. The van der Waals surface area contributed by atoms with Crippen LogP contribution in [0.5, 0.6) is 0 Å². The summed E-state index contributed by atoms with van der Waals surface area (Å²) in [6, 6.07) is 9.47. The summed E-state index contributed by atoms with van der Waals surface area (Å²) >= 11 is 0. The van der Waals surface area contributed by atoms with E-state index in [1.54, 1.807) is 21.1 Å². The quantitative estimate of drug-likeness (QED) is 0.814. The SMILES string of the molecule is CN(C)C(=O)CCN(C)C(=O)OCc1ccccc1. The first-order valence-electron chi connectivity index (χ1n) is 6.12. The fraction of sp³-hybridized carbons (Fsp3) is 0.429. The van der Waals surface area contributed by atoms with E-state index >= 15 is 0 Å². The number of ether oxygens (including phenoxy) is 1. The molecule has 0 spiro atoms. The molecule has 1 rings (SSSR count). The van der Waals surface area contributed by atoms with E-state index in [2.05, 4.69) is 0 Å². The normalized spacial score (nSPS) is 9.84. The van der Waals surface area contributed by atoms with Gasteiger partial charge in [-0.3, -0.25) is 4.79 Å². The Morgan fingerprint density at radius 1 is 1.11 bits per heavy atom. The minimum Gasteiger partial charge on any atom is -0.445 e. The van der Waals surface area contributed by atoms with Gasteiger partial charge in [-0.2, -0.15) is 0 Å². The maximum absolute atomic E-state index is 11.7. The van der Waals surface area contributed by atoms with E-state index in [0.717, 1.165) is 5.56 Å². The Kier molecular flexibility index (Phi) is 5.85. The highest BCUT2D eigenvalue weighted by Crippen LogP contribution is 2.03. The third kappa shape index (κ3) is 5.42. The van der Waals surface area contributed by atoms with Crippen LogP contribution in [0.15, 0.2) is 30.3 Å². The molecule has 104 valence electrons. The third-order valence-electron chi connectivity index (χ3n) is 2.68. The zero-order chi connectivity index (χ0) is 14.3. The molecule has 0 bridgehead atoms. The Hall–Kier alpha value is -2.04. The summed E-state index contributed by atoms with van der Waals surface area (Å²) in [4.78, 5) is 26.0. The molecule has 0 heterocycles. The zero-order valence-corrected chi connectivity index (χ0v) is 11.6. The maximum atomic E-state index is 11.7. The van der Waals surface area contributed by atoms with Gasteiger partial charge in [0, 0.05) is 34.1 Å². The van der Waals surface area contributed by atoms with Gasteiger partial charge in [0.05, 0.1) is 0 Å². The van der Waals surface area contributed by atoms with Crippen molar-refractivity contribution in [2.24, 2.45) is 0 Å². The summed E-state index contributed by atoms with van der Waals surface area (Å²) < 4.78 is 5.14. The van der Waals surface area contributed by atoms with E-state index in [-0.39, 0.29) is 12.5 Å². The lowest BCUT2D eigenvalue weighted by atomic mass is 10.2. The molecule has 1 aromatic rings. The van der Waals surface area contributed by atoms with Crippen molar-refractivity contribution < 1.29 is 14.3 Å². The number of hydrogen-bond donors (Lipinski definition) is 0. The molecule has 5 nitrogen and oxygen atoms in total. The van der Waals surface area contributed by atoms with Crippen molar-refractivity contribution in [3.63, 3.8) is 0 Å². The van der Waals surface area contributed by atoms with Crippen molar-refractivity contribution >= 4 is 12.0 Å². The molecule has 0 saturated carbocycles.